The van der Waals surface area contributed by atoms with Crippen molar-refractivity contribution in [2.45, 2.75) is 26.7 Å². The Kier molecular flexibility index (Phi) is 3.24. The van der Waals surface area contributed by atoms with Crippen molar-refractivity contribution in [3.8, 4) is 0 Å². The Bertz CT molecular complexity index is 466. The third-order valence-electron chi connectivity index (χ3n) is 4.55. The molecule has 0 spiro atoms. The van der Waals surface area contributed by atoms with Gasteiger partial charge in [0.1, 0.15) is 6.29 Å². The first-order valence-electron chi connectivity index (χ1n) is 6.33. The zero-order chi connectivity index (χ0) is 13.3. The molecular formula is C15H19NO2. The highest BCUT2D eigenvalue weighted by Crippen LogP contribution is 2.44. The Morgan fingerprint density at radius 3 is 2.44 bits per heavy atom. The van der Waals surface area contributed by atoms with Crippen LogP contribution in [-0.4, -0.2) is 18.7 Å². The fourth-order valence-corrected chi connectivity index (χ4v) is 2.70. The number of aldehydes is 1. The molecule has 1 aromatic carbocycles. The third kappa shape index (κ3) is 1.84. The van der Waals surface area contributed by atoms with E-state index in [1.807, 2.05) is 19.1 Å². The largest absolute Gasteiger partial charge is 0.355 e. The van der Waals surface area contributed by atoms with Gasteiger partial charge in [-0.3, -0.25) is 9.59 Å². The van der Waals surface area contributed by atoms with E-state index in [0.717, 1.165) is 18.4 Å². The predicted octanol–water partition coefficient (Wildman–Crippen LogP) is 2.37. The molecule has 96 valence electrons. The van der Waals surface area contributed by atoms with Crippen molar-refractivity contribution in [2.24, 2.45) is 11.3 Å². The smallest absolute Gasteiger partial charge is 0.226 e. The lowest BCUT2D eigenvalue weighted by Gasteiger charge is -2.33. The maximum Gasteiger partial charge on any atom is 0.226 e. The quantitative estimate of drug-likeness (QED) is 0.831. The lowest BCUT2D eigenvalue weighted by Crippen LogP contribution is -2.36. The van der Waals surface area contributed by atoms with Crippen LogP contribution in [0.2, 0.25) is 0 Å². The van der Waals surface area contributed by atoms with Gasteiger partial charge in [0.15, 0.2) is 0 Å². The molecule has 0 aromatic heterocycles. The van der Waals surface area contributed by atoms with Gasteiger partial charge in [-0.05, 0) is 24.3 Å². The minimum Gasteiger partial charge on any atom is -0.355 e. The number of benzene rings is 1. The van der Waals surface area contributed by atoms with Gasteiger partial charge in [0, 0.05) is 12.1 Å². The molecule has 18 heavy (non-hydrogen) atoms. The second kappa shape index (κ2) is 4.56. The maximum absolute atomic E-state index is 12.1. The fraction of sp³-hybridized carbons (Fsp3) is 0.467. The van der Waals surface area contributed by atoms with Gasteiger partial charge >= 0.3 is 0 Å². The number of hydrogen-bond donors (Lipinski definition) is 1. The number of nitrogens with one attached hydrogen (secondary N) is 1. The molecular weight excluding hydrogens is 226 g/mol. The van der Waals surface area contributed by atoms with Crippen LogP contribution in [0.3, 0.4) is 0 Å². The topological polar surface area (TPSA) is 46.2 Å². The van der Waals surface area contributed by atoms with Crippen molar-refractivity contribution in [1.82, 2.24) is 5.32 Å². The molecule has 0 bridgehead atoms. The van der Waals surface area contributed by atoms with E-state index < -0.39 is 0 Å². The predicted molar refractivity (Wildman–Crippen MR) is 70.5 cm³/mol. The summed E-state index contributed by atoms with van der Waals surface area (Å²) in [4.78, 5) is 22.7. The van der Waals surface area contributed by atoms with Crippen molar-refractivity contribution in [2.75, 3.05) is 6.54 Å². The van der Waals surface area contributed by atoms with Gasteiger partial charge in [0.05, 0.1) is 5.41 Å². The molecule has 0 radical (unpaired) electrons. The zero-order valence-corrected chi connectivity index (χ0v) is 11.1. The molecule has 1 N–H and O–H groups in total. The third-order valence-corrected chi connectivity index (χ3v) is 4.55. The Morgan fingerprint density at radius 1 is 1.39 bits per heavy atom. The summed E-state index contributed by atoms with van der Waals surface area (Å²) in [6.45, 7) is 6.95. The van der Waals surface area contributed by atoms with Gasteiger partial charge in [-0.15, -0.1) is 0 Å². The monoisotopic (exact) mass is 245 g/mol. The fourth-order valence-electron chi connectivity index (χ4n) is 2.70. The van der Waals surface area contributed by atoms with Crippen LogP contribution < -0.4 is 5.32 Å². The Labute approximate surface area is 108 Å². The van der Waals surface area contributed by atoms with Gasteiger partial charge in [0.2, 0.25) is 5.91 Å². The molecule has 1 saturated heterocycles. The second-order valence-corrected chi connectivity index (χ2v) is 5.40. The molecule has 3 heteroatoms. The first-order valence-corrected chi connectivity index (χ1v) is 6.33. The average Bonchev–Trinajstić information content (AvgIpc) is 2.67. The lowest BCUT2D eigenvalue weighted by atomic mass is 9.68. The minimum atomic E-state index is -0.372. The Hall–Kier alpha value is -1.64. The molecule has 3 atom stereocenters. The molecule has 1 aromatic rings. The molecule has 0 aliphatic carbocycles. The highest BCUT2D eigenvalue weighted by Gasteiger charge is 2.48. The summed E-state index contributed by atoms with van der Waals surface area (Å²) in [6, 6.07) is 7.50. The van der Waals surface area contributed by atoms with E-state index in [4.69, 9.17) is 0 Å². The van der Waals surface area contributed by atoms with Crippen molar-refractivity contribution in [3.63, 3.8) is 0 Å². The van der Waals surface area contributed by atoms with Crippen LogP contribution in [0.5, 0.6) is 0 Å². The molecule has 1 aliphatic rings. The number of carbonyl (C=O) groups excluding carboxylic acids is 2. The molecule has 0 saturated carbocycles. The Balaban J connectivity index is 2.32. The van der Waals surface area contributed by atoms with E-state index in [2.05, 4.69) is 19.2 Å². The van der Waals surface area contributed by atoms with Crippen LogP contribution in [-0.2, 0) is 4.79 Å². The maximum atomic E-state index is 12.1. The zero-order valence-electron chi connectivity index (χ0n) is 11.1. The van der Waals surface area contributed by atoms with E-state index in [0.29, 0.717) is 11.5 Å². The van der Waals surface area contributed by atoms with Gasteiger partial charge in [-0.25, -0.2) is 0 Å². The minimum absolute atomic E-state index is 0.127. The summed E-state index contributed by atoms with van der Waals surface area (Å²) in [7, 11) is 0. The van der Waals surface area contributed by atoms with Gasteiger partial charge in [0.25, 0.3) is 0 Å². The Morgan fingerprint density at radius 2 is 2.00 bits per heavy atom. The van der Waals surface area contributed by atoms with Gasteiger partial charge in [-0.1, -0.05) is 38.1 Å². The summed E-state index contributed by atoms with van der Waals surface area (Å²) >= 11 is 0. The van der Waals surface area contributed by atoms with Crippen molar-refractivity contribution in [1.29, 1.82) is 0 Å². The van der Waals surface area contributed by atoms with Crippen LogP contribution in [0.15, 0.2) is 24.3 Å². The van der Waals surface area contributed by atoms with Gasteiger partial charge < -0.3 is 5.32 Å². The number of hydrogen-bond acceptors (Lipinski definition) is 2. The van der Waals surface area contributed by atoms with Crippen LogP contribution in [0, 0.1) is 11.3 Å². The van der Waals surface area contributed by atoms with Crippen LogP contribution >= 0.6 is 0 Å². The summed E-state index contributed by atoms with van der Waals surface area (Å²) in [5, 5.41) is 2.94. The average molecular weight is 245 g/mol. The highest BCUT2D eigenvalue weighted by molar-refractivity contribution is 5.86. The SMILES string of the molecule is CC(c1ccc(C=O)cc1)[C@@]1(C)C(=O)NC[C@@H]1C. The molecule has 2 rings (SSSR count). The van der Waals surface area contributed by atoms with Gasteiger partial charge in [-0.2, -0.15) is 0 Å². The van der Waals surface area contributed by atoms with Crippen molar-refractivity contribution < 1.29 is 9.59 Å². The van der Waals surface area contributed by atoms with Crippen LogP contribution in [0.4, 0.5) is 0 Å². The first-order chi connectivity index (χ1) is 8.50. The lowest BCUT2D eigenvalue weighted by molar-refractivity contribution is -0.128. The molecule has 3 nitrogen and oxygen atoms in total. The second-order valence-electron chi connectivity index (χ2n) is 5.40. The van der Waals surface area contributed by atoms with Crippen molar-refractivity contribution >= 4 is 12.2 Å². The van der Waals surface area contributed by atoms with E-state index in [1.54, 1.807) is 12.1 Å². The normalized spacial score (nSPS) is 28.8. The van der Waals surface area contributed by atoms with Crippen molar-refractivity contribution in [3.05, 3.63) is 35.4 Å². The molecule has 1 heterocycles. The summed E-state index contributed by atoms with van der Waals surface area (Å²) < 4.78 is 0. The number of carbonyl (C=O) groups is 2. The van der Waals surface area contributed by atoms with Crippen LogP contribution in [0.1, 0.15) is 42.6 Å². The molecule has 1 unspecified atom stereocenters. The molecule has 1 fully saturated rings. The van der Waals surface area contributed by atoms with E-state index >= 15 is 0 Å². The standard InChI is InChI=1S/C15H19NO2/c1-10-8-16-14(18)15(10,3)11(2)13-6-4-12(9-17)5-7-13/h4-7,9-11H,8H2,1-3H3,(H,16,18)/t10-,11?,15-/m0/s1. The van der Waals surface area contributed by atoms with E-state index in [9.17, 15) is 9.59 Å². The van der Waals surface area contributed by atoms with E-state index in [-0.39, 0.29) is 17.2 Å². The summed E-state index contributed by atoms with van der Waals surface area (Å²) in [5.41, 5.74) is 1.40. The number of rotatable bonds is 3. The number of amides is 1. The molecule has 1 aliphatic heterocycles. The first kappa shape index (κ1) is 12.8. The summed E-state index contributed by atoms with van der Waals surface area (Å²) in [6.07, 6.45) is 0.834. The van der Waals surface area contributed by atoms with E-state index in [1.165, 1.54) is 0 Å². The van der Waals surface area contributed by atoms with Crippen LogP contribution in [0.25, 0.3) is 0 Å². The summed E-state index contributed by atoms with van der Waals surface area (Å²) in [5.74, 6) is 0.573. The highest BCUT2D eigenvalue weighted by atomic mass is 16.2. The molecule has 1 amide bonds.